The molecule has 1 aliphatic heterocycles. The van der Waals surface area contributed by atoms with Gasteiger partial charge in [0.25, 0.3) is 11.6 Å². The first-order valence-corrected chi connectivity index (χ1v) is 8.22. The molecule has 26 heavy (non-hydrogen) atoms. The third-order valence-electron chi connectivity index (χ3n) is 4.30. The molecule has 134 valence electrons. The van der Waals surface area contributed by atoms with Crippen molar-refractivity contribution < 1.29 is 13.9 Å². The molecule has 1 aromatic carbocycles. The molecule has 2 aromatic heterocycles. The minimum atomic E-state index is -0.264. The lowest BCUT2D eigenvalue weighted by atomic mass is 10.1. The van der Waals surface area contributed by atoms with Crippen molar-refractivity contribution in [2.45, 2.75) is 12.1 Å². The average molecular weight is 354 g/mol. The van der Waals surface area contributed by atoms with Gasteiger partial charge in [0.1, 0.15) is 18.1 Å². The first-order valence-electron chi connectivity index (χ1n) is 8.22. The maximum Gasteiger partial charge on any atom is 0.294 e. The maximum atomic E-state index is 12.4. The van der Waals surface area contributed by atoms with Gasteiger partial charge in [-0.05, 0) is 18.2 Å². The number of methoxy groups -OCH3 is 1. The van der Waals surface area contributed by atoms with Crippen molar-refractivity contribution in [1.29, 1.82) is 0 Å². The van der Waals surface area contributed by atoms with Gasteiger partial charge in [0.15, 0.2) is 0 Å². The van der Waals surface area contributed by atoms with Crippen LogP contribution in [0, 0.1) is 0 Å². The van der Waals surface area contributed by atoms with Gasteiger partial charge in [0.2, 0.25) is 0 Å². The van der Waals surface area contributed by atoms with Crippen molar-refractivity contribution in [2.75, 3.05) is 25.6 Å². The Balaban J connectivity index is 1.66. The van der Waals surface area contributed by atoms with E-state index in [1.165, 1.54) is 17.0 Å². The van der Waals surface area contributed by atoms with Crippen molar-refractivity contribution in [3.63, 3.8) is 0 Å². The molecule has 2 unspecified atom stereocenters. The van der Waals surface area contributed by atoms with Gasteiger partial charge < -0.3 is 19.2 Å². The van der Waals surface area contributed by atoms with Gasteiger partial charge in [0, 0.05) is 11.6 Å². The molecule has 0 spiro atoms. The lowest BCUT2D eigenvalue weighted by molar-refractivity contribution is 0.182. The van der Waals surface area contributed by atoms with Gasteiger partial charge >= 0.3 is 0 Å². The molecule has 1 N–H and O–H groups in total. The van der Waals surface area contributed by atoms with Crippen molar-refractivity contribution in [1.82, 2.24) is 14.8 Å². The van der Waals surface area contributed by atoms with Crippen molar-refractivity contribution in [2.24, 2.45) is 0 Å². The number of hydrogen-bond donors (Lipinski definition) is 1. The second kappa shape index (κ2) is 7.01. The fraction of sp³-hybridized carbons (Fsp3) is 0.278. The van der Waals surface area contributed by atoms with Crippen LogP contribution in [0.1, 0.15) is 6.04 Å². The van der Waals surface area contributed by atoms with E-state index in [0.29, 0.717) is 24.9 Å². The molecule has 3 aromatic rings. The van der Waals surface area contributed by atoms with Crippen molar-refractivity contribution >= 4 is 6.01 Å². The van der Waals surface area contributed by atoms with E-state index in [9.17, 15) is 4.79 Å². The summed E-state index contributed by atoms with van der Waals surface area (Å²) in [6, 6.07) is 10.7. The summed E-state index contributed by atoms with van der Waals surface area (Å²) in [6.07, 6.45) is 3.04. The molecule has 0 saturated carbocycles. The molecule has 3 heterocycles. The number of nitrogens with zero attached hydrogens (tertiary/aromatic N) is 3. The second-order valence-electron chi connectivity index (χ2n) is 5.93. The van der Waals surface area contributed by atoms with E-state index in [2.05, 4.69) is 15.4 Å². The fourth-order valence-corrected chi connectivity index (χ4v) is 2.97. The highest BCUT2D eigenvalue weighted by molar-refractivity contribution is 5.60. The summed E-state index contributed by atoms with van der Waals surface area (Å²) in [5.41, 5.74) is 1.37. The number of benzene rings is 1. The van der Waals surface area contributed by atoms with Crippen molar-refractivity contribution in [3.8, 4) is 17.0 Å². The van der Waals surface area contributed by atoms with Gasteiger partial charge in [-0.25, -0.2) is 9.67 Å². The van der Waals surface area contributed by atoms with Crippen LogP contribution in [0.5, 0.6) is 5.75 Å². The Morgan fingerprint density at radius 1 is 1.27 bits per heavy atom. The number of aromatic nitrogens is 3. The second-order valence-corrected chi connectivity index (χ2v) is 5.93. The van der Waals surface area contributed by atoms with Gasteiger partial charge in [-0.2, -0.15) is 5.10 Å². The summed E-state index contributed by atoms with van der Waals surface area (Å²) in [7, 11) is 1.61. The normalized spacial score (nSPS) is 19.4. The predicted molar refractivity (Wildman–Crippen MR) is 94.3 cm³/mol. The van der Waals surface area contributed by atoms with Crippen LogP contribution in [-0.4, -0.2) is 41.1 Å². The van der Waals surface area contributed by atoms with Crippen LogP contribution in [0.2, 0.25) is 0 Å². The molecule has 8 nitrogen and oxygen atoms in total. The van der Waals surface area contributed by atoms with Crippen LogP contribution in [0.3, 0.4) is 0 Å². The monoisotopic (exact) mass is 354 g/mol. The summed E-state index contributed by atoms with van der Waals surface area (Å²) in [5, 5.41) is 7.71. The molecule has 0 bridgehead atoms. The van der Waals surface area contributed by atoms with Crippen LogP contribution in [0.4, 0.5) is 6.01 Å². The number of rotatable bonds is 5. The molecule has 4 rings (SSSR count). The summed E-state index contributed by atoms with van der Waals surface area (Å²) >= 11 is 0. The Morgan fingerprint density at radius 3 is 3.00 bits per heavy atom. The van der Waals surface area contributed by atoms with E-state index < -0.39 is 0 Å². The van der Waals surface area contributed by atoms with E-state index >= 15 is 0 Å². The summed E-state index contributed by atoms with van der Waals surface area (Å²) in [4.78, 5) is 16.5. The number of nitrogens with one attached hydrogen (secondary N) is 1. The van der Waals surface area contributed by atoms with Crippen LogP contribution < -0.4 is 15.6 Å². The Hall–Kier alpha value is -3.13. The van der Waals surface area contributed by atoms with Gasteiger partial charge in [-0.15, -0.1) is 0 Å². The minimum absolute atomic E-state index is 0.167. The summed E-state index contributed by atoms with van der Waals surface area (Å²) in [6.45, 7) is 0.817. The molecular weight excluding hydrogens is 336 g/mol. The van der Waals surface area contributed by atoms with E-state index in [1.54, 1.807) is 19.4 Å². The average Bonchev–Trinajstić information content (AvgIpc) is 3.35. The fourth-order valence-electron chi connectivity index (χ4n) is 2.97. The third-order valence-corrected chi connectivity index (χ3v) is 4.30. The molecule has 1 saturated heterocycles. The summed E-state index contributed by atoms with van der Waals surface area (Å²) in [5.74, 6) is 0.731. The highest BCUT2D eigenvalue weighted by atomic mass is 16.5. The number of oxazole rings is 1. The topological polar surface area (TPSA) is 91.4 Å². The Bertz CT molecular complexity index is 938. The molecular formula is C18H18N4O4. The molecule has 1 fully saturated rings. The molecule has 0 radical (unpaired) electrons. The van der Waals surface area contributed by atoms with E-state index in [0.717, 1.165) is 11.3 Å². The molecule has 8 heteroatoms. The summed E-state index contributed by atoms with van der Waals surface area (Å²) < 4.78 is 17.5. The smallest absolute Gasteiger partial charge is 0.294 e. The largest absolute Gasteiger partial charge is 0.497 e. The number of hydrogen-bond acceptors (Lipinski definition) is 7. The Kier molecular flexibility index (Phi) is 4.40. The van der Waals surface area contributed by atoms with Gasteiger partial charge in [-0.3, -0.25) is 4.79 Å². The number of anilines is 1. The van der Waals surface area contributed by atoms with Crippen LogP contribution in [0.15, 0.2) is 58.1 Å². The van der Waals surface area contributed by atoms with E-state index in [4.69, 9.17) is 13.9 Å². The minimum Gasteiger partial charge on any atom is -0.497 e. The van der Waals surface area contributed by atoms with Crippen LogP contribution in [0.25, 0.3) is 11.3 Å². The van der Waals surface area contributed by atoms with E-state index in [-0.39, 0.29) is 17.6 Å². The maximum absolute atomic E-state index is 12.4. The SMILES string of the molecule is COc1cccc(-c2ccc(=O)n(C3COCC3Nc3ncco3)n2)c1. The molecule has 1 aliphatic rings. The Labute approximate surface area is 149 Å². The lowest BCUT2D eigenvalue weighted by Crippen LogP contribution is -2.37. The lowest BCUT2D eigenvalue weighted by Gasteiger charge is -2.19. The third kappa shape index (κ3) is 3.18. The zero-order valence-electron chi connectivity index (χ0n) is 14.2. The first-order chi connectivity index (χ1) is 12.7. The highest BCUT2D eigenvalue weighted by Gasteiger charge is 2.32. The molecule has 0 amide bonds. The molecule has 2 atom stereocenters. The quantitative estimate of drug-likeness (QED) is 0.749. The first kappa shape index (κ1) is 16.3. The van der Waals surface area contributed by atoms with Crippen molar-refractivity contribution in [3.05, 3.63) is 59.2 Å². The zero-order valence-corrected chi connectivity index (χ0v) is 14.2. The van der Waals surface area contributed by atoms with Crippen LogP contribution in [-0.2, 0) is 4.74 Å². The Morgan fingerprint density at radius 2 is 2.19 bits per heavy atom. The molecule has 0 aliphatic carbocycles. The van der Waals surface area contributed by atoms with E-state index in [1.807, 2.05) is 24.3 Å². The standard InChI is InChI=1S/C18H18N4O4/c1-24-13-4-2-3-12(9-13)14-5-6-17(23)22(21-14)16-11-25-10-15(16)20-18-19-7-8-26-18/h2-9,15-16H,10-11H2,1H3,(H,19,20). The highest BCUT2D eigenvalue weighted by Crippen LogP contribution is 2.24. The van der Waals surface area contributed by atoms with Gasteiger partial charge in [-0.1, -0.05) is 12.1 Å². The van der Waals surface area contributed by atoms with Crippen LogP contribution >= 0.6 is 0 Å². The van der Waals surface area contributed by atoms with Gasteiger partial charge in [0.05, 0.1) is 38.3 Å². The number of ether oxygens (including phenoxy) is 2. The predicted octanol–water partition coefficient (Wildman–Crippen LogP) is 1.96. The zero-order chi connectivity index (χ0) is 17.9.